The van der Waals surface area contributed by atoms with Crippen molar-refractivity contribution in [2.45, 2.75) is 32.7 Å². The Morgan fingerprint density at radius 1 is 1.03 bits per heavy atom. The number of carbonyl (C=O) groups is 1. The Morgan fingerprint density at radius 2 is 1.77 bits per heavy atom. The van der Waals surface area contributed by atoms with E-state index in [1.165, 1.54) is 0 Å². The quantitative estimate of drug-likeness (QED) is 0.605. The van der Waals surface area contributed by atoms with Crippen molar-refractivity contribution in [3.8, 4) is 0 Å². The number of nitrogens with zero attached hydrogens (tertiary/aromatic N) is 2. The number of carbonyl (C=O) groups excluding carboxylic acids is 1. The van der Waals surface area contributed by atoms with Gasteiger partial charge in [-0.25, -0.2) is 4.79 Å². The zero-order valence-corrected chi connectivity index (χ0v) is 17.6. The van der Waals surface area contributed by atoms with E-state index in [0.717, 1.165) is 41.6 Å². The molecule has 5 heteroatoms. The van der Waals surface area contributed by atoms with Gasteiger partial charge in [-0.2, -0.15) is 0 Å². The summed E-state index contributed by atoms with van der Waals surface area (Å²) in [6, 6.07) is 17.6. The van der Waals surface area contributed by atoms with Crippen molar-refractivity contribution in [2.75, 3.05) is 26.2 Å². The highest BCUT2D eigenvalue weighted by molar-refractivity contribution is 5.84. The molecule has 1 aliphatic rings. The van der Waals surface area contributed by atoms with Crippen LogP contribution in [0.15, 0.2) is 63.8 Å². The van der Waals surface area contributed by atoms with Crippen LogP contribution in [0.4, 0.5) is 0 Å². The highest BCUT2D eigenvalue weighted by atomic mass is 16.4. The van der Waals surface area contributed by atoms with Crippen LogP contribution >= 0.6 is 0 Å². The Balaban J connectivity index is 1.43. The van der Waals surface area contributed by atoms with Crippen LogP contribution in [0.1, 0.15) is 36.0 Å². The number of piperazine rings is 1. The van der Waals surface area contributed by atoms with Crippen LogP contribution < -0.4 is 5.63 Å². The molecular weight excluding hydrogens is 376 g/mol. The number of aryl methyl sites for hydroxylation is 1. The summed E-state index contributed by atoms with van der Waals surface area (Å²) < 4.78 is 5.37. The van der Waals surface area contributed by atoms with Gasteiger partial charge in [0.25, 0.3) is 0 Å². The van der Waals surface area contributed by atoms with Crippen LogP contribution in [-0.4, -0.2) is 41.9 Å². The van der Waals surface area contributed by atoms with Crippen LogP contribution in [0.25, 0.3) is 11.0 Å². The minimum absolute atomic E-state index is 0.0799. The summed E-state index contributed by atoms with van der Waals surface area (Å²) in [5.41, 5.74) is 3.46. The minimum atomic E-state index is -0.314. The van der Waals surface area contributed by atoms with Gasteiger partial charge in [0.2, 0.25) is 5.91 Å². The molecule has 5 nitrogen and oxygen atoms in total. The molecule has 1 saturated heterocycles. The Morgan fingerprint density at radius 3 is 2.47 bits per heavy atom. The van der Waals surface area contributed by atoms with E-state index >= 15 is 0 Å². The van der Waals surface area contributed by atoms with Crippen LogP contribution in [0.5, 0.6) is 0 Å². The maximum Gasteiger partial charge on any atom is 0.336 e. The summed E-state index contributed by atoms with van der Waals surface area (Å²) in [5, 5.41) is 0.980. The smallest absolute Gasteiger partial charge is 0.336 e. The van der Waals surface area contributed by atoms with Gasteiger partial charge in [0.05, 0.1) is 5.92 Å². The van der Waals surface area contributed by atoms with Gasteiger partial charge in [-0.3, -0.25) is 9.69 Å². The zero-order valence-electron chi connectivity index (χ0n) is 17.6. The van der Waals surface area contributed by atoms with Crippen molar-refractivity contribution < 1.29 is 9.21 Å². The second-order valence-electron chi connectivity index (χ2n) is 8.06. The maximum atomic E-state index is 13.1. The van der Waals surface area contributed by atoms with E-state index in [1.807, 2.05) is 60.4 Å². The lowest BCUT2D eigenvalue weighted by Crippen LogP contribution is -2.49. The second kappa shape index (κ2) is 8.84. The number of rotatable bonds is 5. The van der Waals surface area contributed by atoms with Crippen molar-refractivity contribution in [1.29, 1.82) is 0 Å². The highest BCUT2D eigenvalue weighted by Gasteiger charge is 2.27. The van der Waals surface area contributed by atoms with Crippen molar-refractivity contribution in [2.24, 2.45) is 0 Å². The number of benzene rings is 2. The molecule has 1 aromatic heterocycles. The predicted molar refractivity (Wildman–Crippen MR) is 119 cm³/mol. The molecule has 30 heavy (non-hydrogen) atoms. The molecule has 2 aromatic carbocycles. The predicted octanol–water partition coefficient (Wildman–Crippen LogP) is 3.94. The second-order valence-corrected chi connectivity index (χ2v) is 8.06. The Labute approximate surface area is 176 Å². The first-order chi connectivity index (χ1) is 14.5. The number of fused-ring (bicyclic) bond motifs is 1. The van der Waals surface area contributed by atoms with E-state index in [-0.39, 0.29) is 17.5 Å². The van der Waals surface area contributed by atoms with E-state index < -0.39 is 0 Å². The zero-order chi connectivity index (χ0) is 21.1. The van der Waals surface area contributed by atoms with E-state index in [0.29, 0.717) is 25.2 Å². The Kier molecular flexibility index (Phi) is 6.00. The van der Waals surface area contributed by atoms with Crippen molar-refractivity contribution in [3.63, 3.8) is 0 Å². The summed E-state index contributed by atoms with van der Waals surface area (Å²) in [6.45, 7) is 7.75. The van der Waals surface area contributed by atoms with Crippen LogP contribution in [0.2, 0.25) is 0 Å². The lowest BCUT2D eigenvalue weighted by atomic mass is 9.95. The minimum Gasteiger partial charge on any atom is -0.423 e. The normalized spacial score (nSPS) is 16.0. The third kappa shape index (κ3) is 4.31. The SMILES string of the molecule is CCC(C(=O)N1CCN(Cc2cc(=O)oc3cc(C)ccc23)CC1)c1ccccc1. The molecule has 1 atom stereocenters. The first-order valence-corrected chi connectivity index (χ1v) is 10.6. The van der Waals surface area contributed by atoms with Crippen molar-refractivity contribution >= 4 is 16.9 Å². The summed E-state index contributed by atoms with van der Waals surface area (Å²) in [4.78, 5) is 29.4. The van der Waals surface area contributed by atoms with Gasteiger partial charge in [-0.05, 0) is 36.1 Å². The lowest BCUT2D eigenvalue weighted by Gasteiger charge is -2.36. The molecular formula is C25H28N2O3. The van der Waals surface area contributed by atoms with Crippen LogP contribution in [-0.2, 0) is 11.3 Å². The molecule has 0 saturated carbocycles. The van der Waals surface area contributed by atoms with Gasteiger partial charge in [0, 0.05) is 44.2 Å². The standard InChI is InChI=1S/C25H28N2O3/c1-3-21(19-7-5-4-6-8-19)25(29)27-13-11-26(12-14-27)17-20-16-24(28)30-23-15-18(2)9-10-22(20)23/h4-10,15-16,21H,3,11-14,17H2,1-2H3. The molecule has 2 heterocycles. The molecule has 0 spiro atoms. The average molecular weight is 405 g/mol. The van der Waals surface area contributed by atoms with Gasteiger partial charge in [0.15, 0.2) is 0 Å². The average Bonchev–Trinajstić information content (AvgIpc) is 2.75. The van der Waals surface area contributed by atoms with E-state index in [9.17, 15) is 9.59 Å². The number of amides is 1. The molecule has 1 aliphatic heterocycles. The summed E-state index contributed by atoms with van der Waals surface area (Å²) in [5.74, 6) is 0.133. The first kappa shape index (κ1) is 20.4. The first-order valence-electron chi connectivity index (χ1n) is 10.6. The van der Waals surface area contributed by atoms with E-state index in [4.69, 9.17) is 4.42 Å². The fourth-order valence-electron chi connectivity index (χ4n) is 4.29. The number of hydrogen-bond donors (Lipinski definition) is 0. The third-order valence-electron chi connectivity index (χ3n) is 5.97. The van der Waals surface area contributed by atoms with Gasteiger partial charge >= 0.3 is 5.63 Å². The van der Waals surface area contributed by atoms with E-state index in [1.54, 1.807) is 6.07 Å². The monoisotopic (exact) mass is 404 g/mol. The summed E-state index contributed by atoms with van der Waals surface area (Å²) in [7, 11) is 0. The van der Waals surface area contributed by atoms with Crippen LogP contribution in [0, 0.1) is 6.92 Å². The topological polar surface area (TPSA) is 53.8 Å². The Hall–Kier alpha value is -2.92. The molecule has 1 unspecified atom stereocenters. The van der Waals surface area contributed by atoms with Crippen molar-refractivity contribution in [1.82, 2.24) is 9.80 Å². The Bertz CT molecular complexity index is 1080. The molecule has 3 aromatic rings. The molecule has 0 radical (unpaired) electrons. The molecule has 156 valence electrons. The molecule has 1 amide bonds. The molecule has 4 rings (SSSR count). The van der Waals surface area contributed by atoms with Crippen molar-refractivity contribution in [3.05, 3.63) is 81.7 Å². The van der Waals surface area contributed by atoms with Crippen LogP contribution in [0.3, 0.4) is 0 Å². The van der Waals surface area contributed by atoms with Gasteiger partial charge in [0.1, 0.15) is 5.58 Å². The molecule has 0 bridgehead atoms. The number of hydrogen-bond acceptors (Lipinski definition) is 4. The lowest BCUT2D eigenvalue weighted by molar-refractivity contribution is -0.134. The fourth-order valence-corrected chi connectivity index (χ4v) is 4.29. The van der Waals surface area contributed by atoms with Gasteiger partial charge in [-0.15, -0.1) is 0 Å². The maximum absolute atomic E-state index is 13.1. The van der Waals surface area contributed by atoms with Gasteiger partial charge < -0.3 is 9.32 Å². The molecule has 1 fully saturated rings. The third-order valence-corrected chi connectivity index (χ3v) is 5.97. The highest BCUT2D eigenvalue weighted by Crippen LogP contribution is 2.24. The van der Waals surface area contributed by atoms with Gasteiger partial charge in [-0.1, -0.05) is 49.4 Å². The molecule has 0 N–H and O–H groups in total. The summed E-state index contributed by atoms with van der Waals surface area (Å²) >= 11 is 0. The largest absolute Gasteiger partial charge is 0.423 e. The fraction of sp³-hybridized carbons (Fsp3) is 0.360. The summed E-state index contributed by atoms with van der Waals surface area (Å²) in [6.07, 6.45) is 0.800. The van der Waals surface area contributed by atoms with E-state index in [2.05, 4.69) is 11.8 Å². The molecule has 0 aliphatic carbocycles.